The van der Waals surface area contributed by atoms with Crippen LogP contribution in [0.1, 0.15) is 39.0 Å². The molecule has 104 valence electrons. The van der Waals surface area contributed by atoms with Crippen molar-refractivity contribution in [3.8, 4) is 0 Å². The molecule has 1 saturated heterocycles. The van der Waals surface area contributed by atoms with Crippen LogP contribution in [0.25, 0.3) is 0 Å². The fraction of sp³-hybridized carbons (Fsp3) is 0.929. The first-order valence-corrected chi connectivity index (χ1v) is 7.27. The molecular formula is C14H26N2O2. The van der Waals surface area contributed by atoms with Crippen LogP contribution >= 0.6 is 0 Å². The fourth-order valence-corrected chi connectivity index (χ4v) is 3.07. The van der Waals surface area contributed by atoms with Gasteiger partial charge in [-0.2, -0.15) is 0 Å². The molecule has 1 saturated carbocycles. The number of hydrogen-bond donors (Lipinski definition) is 3. The maximum absolute atomic E-state index is 12.0. The van der Waals surface area contributed by atoms with E-state index in [1.165, 1.54) is 0 Å². The highest BCUT2D eigenvalue weighted by Gasteiger charge is 2.57. The summed E-state index contributed by atoms with van der Waals surface area (Å²) < 4.78 is 0. The molecule has 4 heteroatoms. The van der Waals surface area contributed by atoms with Gasteiger partial charge in [0.15, 0.2) is 0 Å². The summed E-state index contributed by atoms with van der Waals surface area (Å²) in [6, 6.07) is 0. The number of rotatable bonds is 6. The molecule has 1 amide bonds. The number of carbonyl (C=O) groups is 1. The Morgan fingerprint density at radius 3 is 2.89 bits per heavy atom. The van der Waals surface area contributed by atoms with Crippen molar-refractivity contribution < 1.29 is 9.90 Å². The van der Waals surface area contributed by atoms with Gasteiger partial charge in [0.05, 0.1) is 0 Å². The van der Waals surface area contributed by atoms with Gasteiger partial charge in [0, 0.05) is 19.1 Å². The minimum Gasteiger partial charge on any atom is -0.396 e. The van der Waals surface area contributed by atoms with E-state index in [4.69, 9.17) is 5.11 Å². The molecule has 1 heterocycles. The average molecular weight is 254 g/mol. The maximum atomic E-state index is 12.0. The first kappa shape index (κ1) is 13.8. The number of hydrogen-bond acceptors (Lipinski definition) is 3. The second-order valence-corrected chi connectivity index (χ2v) is 6.09. The van der Waals surface area contributed by atoms with Crippen molar-refractivity contribution >= 4 is 5.91 Å². The van der Waals surface area contributed by atoms with Gasteiger partial charge in [-0.15, -0.1) is 0 Å². The Balaban J connectivity index is 1.61. The Kier molecular flexibility index (Phi) is 4.62. The first-order chi connectivity index (χ1) is 8.68. The topological polar surface area (TPSA) is 61.4 Å². The van der Waals surface area contributed by atoms with Crippen molar-refractivity contribution in [2.24, 2.45) is 17.3 Å². The molecule has 0 aromatic rings. The summed E-state index contributed by atoms with van der Waals surface area (Å²) in [6.45, 7) is 5.17. The number of piperidine rings is 1. The number of carbonyl (C=O) groups excluding carboxylic acids is 1. The van der Waals surface area contributed by atoms with Gasteiger partial charge >= 0.3 is 0 Å². The maximum Gasteiger partial charge on any atom is 0.223 e. The van der Waals surface area contributed by atoms with Crippen LogP contribution in [0.5, 0.6) is 0 Å². The molecule has 4 nitrogen and oxygen atoms in total. The van der Waals surface area contributed by atoms with Crippen molar-refractivity contribution in [2.75, 3.05) is 26.2 Å². The number of nitrogens with one attached hydrogen (secondary N) is 2. The number of amides is 1. The molecule has 0 bridgehead atoms. The highest BCUT2D eigenvalue weighted by molar-refractivity contribution is 5.82. The van der Waals surface area contributed by atoms with Crippen molar-refractivity contribution in [2.45, 2.75) is 39.0 Å². The first-order valence-electron chi connectivity index (χ1n) is 7.27. The number of aliphatic hydroxyl groups excluding tert-OH is 1. The standard InChI is InChI=1S/C14H26N2O2/c1-11(10-17)3-2-6-16-13(18)12-9-14(12)4-7-15-8-5-14/h11-12,15,17H,2-10H2,1H3,(H,16,18). The Morgan fingerprint density at radius 1 is 1.50 bits per heavy atom. The molecule has 1 spiro atoms. The third kappa shape index (κ3) is 3.23. The zero-order valence-electron chi connectivity index (χ0n) is 11.4. The van der Waals surface area contributed by atoms with Crippen molar-refractivity contribution in [1.29, 1.82) is 0 Å². The lowest BCUT2D eigenvalue weighted by Crippen LogP contribution is -2.34. The summed E-state index contributed by atoms with van der Waals surface area (Å²) in [6.07, 6.45) is 5.36. The molecule has 1 aliphatic carbocycles. The van der Waals surface area contributed by atoms with Crippen molar-refractivity contribution in [3.05, 3.63) is 0 Å². The van der Waals surface area contributed by atoms with E-state index in [1.54, 1.807) is 0 Å². The summed E-state index contributed by atoms with van der Waals surface area (Å²) in [5.41, 5.74) is 0.341. The highest BCUT2D eigenvalue weighted by Crippen LogP contribution is 2.58. The van der Waals surface area contributed by atoms with E-state index in [0.717, 1.165) is 51.7 Å². The zero-order chi connectivity index (χ0) is 13.0. The summed E-state index contributed by atoms with van der Waals surface area (Å²) >= 11 is 0. The van der Waals surface area contributed by atoms with E-state index >= 15 is 0 Å². The van der Waals surface area contributed by atoms with Gasteiger partial charge in [0.1, 0.15) is 0 Å². The smallest absolute Gasteiger partial charge is 0.223 e. The molecule has 3 N–H and O–H groups in total. The Morgan fingerprint density at radius 2 is 2.22 bits per heavy atom. The van der Waals surface area contributed by atoms with Crippen LogP contribution in [0.15, 0.2) is 0 Å². The number of aliphatic hydroxyl groups is 1. The average Bonchev–Trinajstić information content (AvgIpc) is 3.08. The van der Waals surface area contributed by atoms with E-state index in [9.17, 15) is 4.79 Å². The van der Waals surface area contributed by atoms with E-state index in [2.05, 4.69) is 10.6 Å². The molecule has 2 aliphatic rings. The van der Waals surface area contributed by atoms with Gasteiger partial charge in [0.2, 0.25) is 5.91 Å². The van der Waals surface area contributed by atoms with Gasteiger partial charge in [-0.1, -0.05) is 6.92 Å². The Labute approximate surface area is 110 Å². The lowest BCUT2D eigenvalue weighted by Gasteiger charge is -2.23. The molecule has 2 rings (SSSR count). The van der Waals surface area contributed by atoms with Crippen LogP contribution in [0.2, 0.25) is 0 Å². The minimum atomic E-state index is 0.243. The van der Waals surface area contributed by atoms with Crippen LogP contribution in [-0.4, -0.2) is 37.3 Å². The van der Waals surface area contributed by atoms with E-state index in [-0.39, 0.29) is 18.4 Å². The van der Waals surface area contributed by atoms with E-state index in [0.29, 0.717) is 11.3 Å². The second-order valence-electron chi connectivity index (χ2n) is 6.09. The van der Waals surface area contributed by atoms with Gasteiger partial charge in [-0.05, 0) is 56.5 Å². The normalized spacial score (nSPS) is 26.9. The van der Waals surface area contributed by atoms with Gasteiger partial charge in [-0.25, -0.2) is 0 Å². The molecule has 2 unspecified atom stereocenters. The molecular weight excluding hydrogens is 228 g/mol. The molecule has 0 radical (unpaired) electrons. The third-order valence-corrected chi connectivity index (χ3v) is 4.59. The Bertz CT molecular complexity index is 288. The zero-order valence-corrected chi connectivity index (χ0v) is 11.4. The molecule has 2 atom stereocenters. The molecule has 2 fully saturated rings. The minimum absolute atomic E-state index is 0.243. The van der Waals surface area contributed by atoms with Crippen LogP contribution in [-0.2, 0) is 4.79 Å². The molecule has 1 aliphatic heterocycles. The second kappa shape index (κ2) is 6.02. The molecule has 0 aromatic carbocycles. The van der Waals surface area contributed by atoms with Gasteiger partial charge in [-0.3, -0.25) is 4.79 Å². The predicted octanol–water partition coefficient (Wildman–Crippen LogP) is 0.901. The summed E-state index contributed by atoms with van der Waals surface area (Å²) in [5.74, 6) is 0.877. The van der Waals surface area contributed by atoms with Crippen molar-refractivity contribution in [1.82, 2.24) is 10.6 Å². The fourth-order valence-electron chi connectivity index (χ4n) is 3.07. The summed E-state index contributed by atoms with van der Waals surface area (Å²) in [7, 11) is 0. The van der Waals surface area contributed by atoms with Crippen molar-refractivity contribution in [3.63, 3.8) is 0 Å². The SMILES string of the molecule is CC(CO)CCCNC(=O)C1CC12CCNCC2. The monoisotopic (exact) mass is 254 g/mol. The molecule has 0 aromatic heterocycles. The summed E-state index contributed by atoms with van der Waals surface area (Å²) in [5, 5.41) is 15.3. The van der Waals surface area contributed by atoms with Crippen LogP contribution < -0.4 is 10.6 Å². The lowest BCUT2D eigenvalue weighted by atomic mass is 9.92. The van der Waals surface area contributed by atoms with Gasteiger partial charge < -0.3 is 15.7 Å². The summed E-state index contributed by atoms with van der Waals surface area (Å²) in [4.78, 5) is 12.0. The largest absolute Gasteiger partial charge is 0.396 e. The van der Waals surface area contributed by atoms with Crippen LogP contribution in [0, 0.1) is 17.3 Å². The van der Waals surface area contributed by atoms with E-state index in [1.807, 2.05) is 6.92 Å². The van der Waals surface area contributed by atoms with Gasteiger partial charge in [0.25, 0.3) is 0 Å². The predicted molar refractivity (Wildman–Crippen MR) is 71.1 cm³/mol. The Hall–Kier alpha value is -0.610. The lowest BCUT2D eigenvalue weighted by molar-refractivity contribution is -0.123. The quantitative estimate of drug-likeness (QED) is 0.617. The third-order valence-electron chi connectivity index (χ3n) is 4.59. The van der Waals surface area contributed by atoms with Crippen LogP contribution in [0.3, 0.4) is 0 Å². The van der Waals surface area contributed by atoms with Crippen LogP contribution in [0.4, 0.5) is 0 Å². The van der Waals surface area contributed by atoms with E-state index < -0.39 is 0 Å². The molecule has 18 heavy (non-hydrogen) atoms. The highest BCUT2D eigenvalue weighted by atomic mass is 16.3.